The van der Waals surface area contributed by atoms with Crippen LogP contribution < -0.4 is 5.32 Å². The Morgan fingerprint density at radius 1 is 0.327 bits per heavy atom. The van der Waals surface area contributed by atoms with E-state index in [4.69, 9.17) is 28.4 Å². The number of allylic oxidation sites excluding steroid dienone is 1. The second kappa shape index (κ2) is 68.9. The zero-order valence-corrected chi connectivity index (χ0v) is 68.4. The first-order valence-corrected chi connectivity index (χ1v) is 45.4. The molecule has 0 aliphatic carbocycles. The predicted octanol–water partition coefficient (Wildman–Crippen LogP) is 17.1. The van der Waals surface area contributed by atoms with E-state index >= 15 is 0 Å². The van der Waals surface area contributed by atoms with Gasteiger partial charge in [0.2, 0.25) is 5.91 Å². The van der Waals surface area contributed by atoms with Gasteiger partial charge in [0.15, 0.2) is 18.9 Å². The standard InChI is InChI=1S/C88H169NO18/c1-3-5-7-9-11-13-15-17-19-21-23-25-27-29-31-32-33-34-35-36-37-38-39-40-42-44-46-48-50-52-54-56-58-60-62-64-66-76(94)89-71(72(93)65-63-61-59-57-55-53-51-49-47-45-43-41-30-28-26-24-22-20-18-16-14-12-10-8-6-4-2)70-102-86-82(100)79(97)84(74(68-91)104-86)107-88-83(101)80(98)85(75(69-92)105-88)106-87-81(99)78(96)77(95)73(67-90)103-87/h63,65,71-75,77-88,90-93,95-101H,3-62,64,66-70H2,1-2H3,(H,89,94)/b65-63+. The smallest absolute Gasteiger partial charge is 0.220 e. The van der Waals surface area contributed by atoms with Gasteiger partial charge in [-0.15, -0.1) is 0 Å². The van der Waals surface area contributed by atoms with Crippen LogP contribution in [-0.4, -0.2) is 193 Å². The Kier molecular flexibility index (Phi) is 64.2. The lowest BCUT2D eigenvalue weighted by Gasteiger charge is -2.48. The Bertz CT molecular complexity index is 1970. The zero-order chi connectivity index (χ0) is 77.4. The maximum absolute atomic E-state index is 13.5. The van der Waals surface area contributed by atoms with Crippen LogP contribution in [0.15, 0.2) is 12.2 Å². The van der Waals surface area contributed by atoms with Crippen LogP contribution in [0.4, 0.5) is 0 Å². The van der Waals surface area contributed by atoms with E-state index < -0.39 is 124 Å². The van der Waals surface area contributed by atoms with Gasteiger partial charge in [0.25, 0.3) is 0 Å². The average molecular weight is 1530 g/mol. The van der Waals surface area contributed by atoms with Crippen LogP contribution >= 0.6 is 0 Å². The van der Waals surface area contributed by atoms with E-state index in [2.05, 4.69) is 19.2 Å². The highest BCUT2D eigenvalue weighted by molar-refractivity contribution is 5.76. The molecule has 17 unspecified atom stereocenters. The third-order valence-electron chi connectivity index (χ3n) is 23.1. The minimum Gasteiger partial charge on any atom is -0.394 e. The Hall–Kier alpha value is -1.47. The van der Waals surface area contributed by atoms with E-state index in [9.17, 15) is 61.0 Å². The molecule has 634 valence electrons. The number of carbonyl (C=O) groups excluding carboxylic acids is 1. The van der Waals surface area contributed by atoms with Gasteiger partial charge in [-0.2, -0.15) is 0 Å². The fraction of sp³-hybridized carbons (Fsp3) is 0.966. The molecule has 107 heavy (non-hydrogen) atoms. The molecule has 3 heterocycles. The number of nitrogens with one attached hydrogen (secondary N) is 1. The first-order chi connectivity index (χ1) is 52.3. The lowest BCUT2D eigenvalue weighted by Crippen LogP contribution is -2.66. The summed E-state index contributed by atoms with van der Waals surface area (Å²) in [6.07, 6.45) is 58.0. The van der Waals surface area contributed by atoms with Gasteiger partial charge in [0, 0.05) is 6.42 Å². The summed E-state index contributed by atoms with van der Waals surface area (Å²) >= 11 is 0. The normalized spacial score (nSPS) is 25.5. The van der Waals surface area contributed by atoms with E-state index in [1.807, 2.05) is 6.08 Å². The topological polar surface area (TPSA) is 307 Å². The zero-order valence-electron chi connectivity index (χ0n) is 68.4. The quantitative estimate of drug-likeness (QED) is 0.0199. The van der Waals surface area contributed by atoms with E-state index in [0.29, 0.717) is 6.42 Å². The van der Waals surface area contributed by atoms with Crippen molar-refractivity contribution in [3.05, 3.63) is 12.2 Å². The number of aliphatic hydroxyl groups excluding tert-OH is 11. The molecule has 0 bridgehead atoms. The Labute approximate surface area is 652 Å². The Morgan fingerprint density at radius 2 is 0.579 bits per heavy atom. The minimum absolute atomic E-state index is 0.251. The van der Waals surface area contributed by atoms with E-state index in [-0.39, 0.29) is 18.9 Å². The molecule has 0 aromatic rings. The van der Waals surface area contributed by atoms with Crippen LogP contribution in [0.1, 0.15) is 412 Å². The summed E-state index contributed by atoms with van der Waals surface area (Å²) in [6.45, 7) is 1.82. The van der Waals surface area contributed by atoms with Crippen LogP contribution in [0.2, 0.25) is 0 Å². The molecule has 0 aromatic carbocycles. The molecule has 3 saturated heterocycles. The fourth-order valence-electron chi connectivity index (χ4n) is 15.8. The third-order valence-corrected chi connectivity index (χ3v) is 23.1. The molecule has 3 aliphatic rings. The summed E-state index contributed by atoms with van der Waals surface area (Å²) in [4.78, 5) is 13.5. The lowest BCUT2D eigenvalue weighted by atomic mass is 9.96. The number of amides is 1. The number of rotatable bonds is 75. The van der Waals surface area contributed by atoms with Crippen molar-refractivity contribution in [3.63, 3.8) is 0 Å². The Balaban J connectivity index is 1.31. The predicted molar refractivity (Wildman–Crippen MR) is 430 cm³/mol. The van der Waals surface area contributed by atoms with Crippen molar-refractivity contribution in [1.82, 2.24) is 5.32 Å². The maximum atomic E-state index is 13.5. The summed E-state index contributed by atoms with van der Waals surface area (Å²) in [7, 11) is 0. The number of hydrogen-bond acceptors (Lipinski definition) is 18. The molecule has 0 aromatic heterocycles. The molecule has 19 nitrogen and oxygen atoms in total. The maximum Gasteiger partial charge on any atom is 0.220 e. The van der Waals surface area contributed by atoms with Crippen molar-refractivity contribution in [3.8, 4) is 0 Å². The van der Waals surface area contributed by atoms with Gasteiger partial charge in [0.1, 0.15) is 73.2 Å². The fourth-order valence-corrected chi connectivity index (χ4v) is 15.8. The minimum atomic E-state index is -1.98. The highest BCUT2D eigenvalue weighted by Gasteiger charge is 2.54. The summed E-state index contributed by atoms with van der Waals surface area (Å²) in [5.74, 6) is -0.265. The highest BCUT2D eigenvalue weighted by atomic mass is 16.8. The number of hydrogen-bond donors (Lipinski definition) is 12. The molecule has 0 radical (unpaired) electrons. The van der Waals surface area contributed by atoms with Gasteiger partial charge in [-0.25, -0.2) is 0 Å². The summed E-state index contributed by atoms with van der Waals surface area (Å²) in [5.41, 5.74) is 0. The molecule has 3 aliphatic heterocycles. The van der Waals surface area contributed by atoms with Crippen LogP contribution in [0.25, 0.3) is 0 Å². The molecular formula is C88H169NO18. The highest BCUT2D eigenvalue weighted by Crippen LogP contribution is 2.34. The van der Waals surface area contributed by atoms with Crippen molar-refractivity contribution < 1.29 is 89.4 Å². The van der Waals surface area contributed by atoms with Crippen LogP contribution in [0, 0.1) is 0 Å². The van der Waals surface area contributed by atoms with E-state index in [1.54, 1.807) is 6.08 Å². The van der Waals surface area contributed by atoms with Crippen molar-refractivity contribution >= 4 is 5.91 Å². The summed E-state index contributed by atoms with van der Waals surface area (Å²) in [6, 6.07) is -0.971. The second-order valence-corrected chi connectivity index (χ2v) is 32.8. The summed E-state index contributed by atoms with van der Waals surface area (Å²) in [5, 5.41) is 121. The van der Waals surface area contributed by atoms with Crippen LogP contribution in [0.5, 0.6) is 0 Å². The van der Waals surface area contributed by atoms with E-state index in [1.165, 1.54) is 340 Å². The van der Waals surface area contributed by atoms with Gasteiger partial charge >= 0.3 is 0 Å². The van der Waals surface area contributed by atoms with Gasteiger partial charge in [-0.05, 0) is 19.3 Å². The average Bonchev–Trinajstić information content (AvgIpc) is 0.781. The summed E-state index contributed by atoms with van der Waals surface area (Å²) < 4.78 is 34.5. The molecule has 3 fully saturated rings. The first kappa shape index (κ1) is 99.7. The SMILES string of the molecule is CCCCCCCCCCCCCCCCCCCCCCCCCC/C=C/C(O)C(COC1OC(CO)C(OC2OC(CO)C(OC3OC(CO)C(O)C(O)C3O)C(O)C2O)C(O)C1O)NC(=O)CCCCCCCCCCCCCCCCCCCCCCCCCCCCCCCCCCCCCC. The number of aliphatic hydroxyl groups is 11. The first-order valence-electron chi connectivity index (χ1n) is 45.4. The van der Waals surface area contributed by atoms with Crippen molar-refractivity contribution in [2.24, 2.45) is 0 Å². The molecule has 19 heteroatoms. The van der Waals surface area contributed by atoms with E-state index in [0.717, 1.165) is 44.9 Å². The van der Waals surface area contributed by atoms with Crippen molar-refractivity contribution in [2.45, 2.75) is 516 Å². The van der Waals surface area contributed by atoms with Crippen LogP contribution in [-0.2, 0) is 33.2 Å². The Morgan fingerprint density at radius 3 is 0.879 bits per heavy atom. The number of ether oxygens (including phenoxy) is 6. The van der Waals surface area contributed by atoms with Gasteiger partial charge in [-0.3, -0.25) is 4.79 Å². The third kappa shape index (κ3) is 47.9. The van der Waals surface area contributed by atoms with Gasteiger partial charge in [-0.1, -0.05) is 398 Å². The van der Waals surface area contributed by atoms with Crippen molar-refractivity contribution in [1.29, 1.82) is 0 Å². The molecule has 17 atom stereocenters. The van der Waals surface area contributed by atoms with Crippen LogP contribution in [0.3, 0.4) is 0 Å². The lowest BCUT2D eigenvalue weighted by molar-refractivity contribution is -0.379. The monoisotopic (exact) mass is 1530 g/mol. The molecule has 12 N–H and O–H groups in total. The van der Waals surface area contributed by atoms with Gasteiger partial charge in [0.05, 0.1) is 38.6 Å². The molecular weight excluding hydrogens is 1360 g/mol. The van der Waals surface area contributed by atoms with Gasteiger partial charge < -0.3 is 89.9 Å². The second-order valence-electron chi connectivity index (χ2n) is 32.8. The van der Waals surface area contributed by atoms with Crippen molar-refractivity contribution in [2.75, 3.05) is 26.4 Å². The molecule has 0 spiro atoms. The largest absolute Gasteiger partial charge is 0.394 e. The molecule has 0 saturated carbocycles. The molecule has 1 amide bonds. The number of carbonyl (C=O) groups is 1. The number of unbranched alkanes of at least 4 members (excludes halogenated alkanes) is 59. The molecule has 3 rings (SSSR count).